The fraction of sp³-hybridized carbons (Fsp3) is 0.696. The highest BCUT2D eigenvalue weighted by atomic mass is 35.5. The molecule has 0 bridgehead atoms. The van der Waals surface area contributed by atoms with Gasteiger partial charge in [-0.05, 0) is 71.1 Å². The first kappa shape index (κ1) is 23.3. The van der Waals surface area contributed by atoms with E-state index in [0.29, 0.717) is 18.0 Å². The largest absolute Gasteiger partial charge is 0.357 e. The van der Waals surface area contributed by atoms with Crippen LogP contribution in [0.1, 0.15) is 31.4 Å². The molecule has 0 radical (unpaired) electrons. The predicted octanol–water partition coefficient (Wildman–Crippen LogP) is 2.52. The van der Waals surface area contributed by atoms with E-state index in [1.165, 1.54) is 18.4 Å². The van der Waals surface area contributed by atoms with Gasteiger partial charge in [-0.2, -0.15) is 0 Å². The lowest BCUT2D eigenvalue weighted by molar-refractivity contribution is 0.116. The number of piperazine rings is 1. The van der Waals surface area contributed by atoms with Crippen LogP contribution < -0.4 is 10.6 Å². The zero-order valence-electron chi connectivity index (χ0n) is 19.1. The Bertz CT molecular complexity index is 696. The Balaban J connectivity index is 1.65. The summed E-state index contributed by atoms with van der Waals surface area (Å²) in [5, 5.41) is 7.84. The molecule has 7 heteroatoms. The number of halogens is 1. The second kappa shape index (κ2) is 11.3. The van der Waals surface area contributed by atoms with E-state index < -0.39 is 0 Å². The lowest BCUT2D eigenvalue weighted by Gasteiger charge is -2.39. The van der Waals surface area contributed by atoms with Crippen molar-refractivity contribution in [2.45, 2.75) is 31.8 Å². The van der Waals surface area contributed by atoms with Crippen LogP contribution in [-0.4, -0.2) is 93.7 Å². The Morgan fingerprint density at radius 2 is 1.97 bits per heavy atom. The average Bonchev–Trinajstić information content (AvgIpc) is 2.72. The molecule has 0 aromatic heterocycles. The first-order chi connectivity index (χ1) is 14.5. The van der Waals surface area contributed by atoms with E-state index in [0.717, 1.165) is 56.8 Å². The van der Waals surface area contributed by atoms with Crippen LogP contribution in [-0.2, 0) is 0 Å². The van der Waals surface area contributed by atoms with Gasteiger partial charge in [-0.25, -0.2) is 0 Å². The maximum Gasteiger partial charge on any atom is 0.191 e. The average molecular weight is 435 g/mol. The molecule has 0 aliphatic carbocycles. The van der Waals surface area contributed by atoms with E-state index in [2.05, 4.69) is 71.6 Å². The third kappa shape index (κ3) is 6.33. The molecular formula is C23H39ClN6. The highest BCUT2D eigenvalue weighted by molar-refractivity contribution is 6.30. The van der Waals surface area contributed by atoms with Crippen molar-refractivity contribution < 1.29 is 0 Å². The van der Waals surface area contributed by atoms with Crippen molar-refractivity contribution in [2.75, 3.05) is 67.0 Å². The molecule has 1 aromatic rings. The zero-order valence-corrected chi connectivity index (χ0v) is 19.8. The molecule has 30 heavy (non-hydrogen) atoms. The molecule has 2 heterocycles. The summed E-state index contributed by atoms with van der Waals surface area (Å²) in [5.41, 5.74) is 1.30. The van der Waals surface area contributed by atoms with E-state index in [9.17, 15) is 0 Å². The third-order valence-electron chi connectivity index (χ3n) is 6.51. The summed E-state index contributed by atoms with van der Waals surface area (Å²) in [7, 11) is 6.64. The minimum Gasteiger partial charge on any atom is -0.357 e. The van der Waals surface area contributed by atoms with Gasteiger partial charge in [-0.1, -0.05) is 23.7 Å². The summed E-state index contributed by atoms with van der Waals surface area (Å²) in [6, 6.07) is 9.20. The molecule has 2 aliphatic rings. The summed E-state index contributed by atoms with van der Waals surface area (Å²) in [6.07, 6.45) is 2.41. The highest BCUT2D eigenvalue weighted by Gasteiger charge is 2.30. The number of benzene rings is 1. The van der Waals surface area contributed by atoms with Crippen molar-refractivity contribution in [3.63, 3.8) is 0 Å². The standard InChI is InChI=1S/C23H39ClN6/c1-5-25-23(27-16-21-17-28(2)12-13-29(21)3)26-15-19-9-7-11-30(4)22(19)18-8-6-10-20(24)14-18/h6,8,10,14,19,21-22H,5,7,9,11-13,15-17H2,1-4H3,(H2,25,26,27). The summed E-state index contributed by atoms with van der Waals surface area (Å²) in [5.74, 6) is 1.42. The molecular weight excluding hydrogens is 396 g/mol. The van der Waals surface area contributed by atoms with Crippen LogP contribution in [0, 0.1) is 5.92 Å². The van der Waals surface area contributed by atoms with Crippen LogP contribution in [0.2, 0.25) is 5.02 Å². The summed E-state index contributed by atoms with van der Waals surface area (Å²) in [6.45, 7) is 9.19. The number of rotatable bonds is 6. The molecule has 2 aliphatic heterocycles. The summed E-state index contributed by atoms with van der Waals surface area (Å²) < 4.78 is 0. The van der Waals surface area contributed by atoms with Crippen molar-refractivity contribution in [1.29, 1.82) is 0 Å². The molecule has 0 amide bonds. The fourth-order valence-corrected chi connectivity index (χ4v) is 4.95. The van der Waals surface area contributed by atoms with Gasteiger partial charge in [-0.3, -0.25) is 14.8 Å². The number of nitrogens with one attached hydrogen (secondary N) is 2. The van der Waals surface area contributed by atoms with E-state index in [4.69, 9.17) is 16.6 Å². The van der Waals surface area contributed by atoms with Crippen LogP contribution in [0.3, 0.4) is 0 Å². The van der Waals surface area contributed by atoms with Gasteiger partial charge < -0.3 is 15.5 Å². The number of piperidine rings is 1. The Morgan fingerprint density at radius 1 is 1.13 bits per heavy atom. The van der Waals surface area contributed by atoms with E-state index >= 15 is 0 Å². The number of aliphatic imine (C=N–C) groups is 1. The van der Waals surface area contributed by atoms with Crippen LogP contribution in [0.25, 0.3) is 0 Å². The Kier molecular flexibility index (Phi) is 8.81. The molecule has 168 valence electrons. The number of nitrogens with zero attached hydrogens (tertiary/aromatic N) is 4. The molecule has 2 N–H and O–H groups in total. The maximum atomic E-state index is 6.29. The molecule has 1 aromatic carbocycles. The van der Waals surface area contributed by atoms with Crippen molar-refractivity contribution in [3.8, 4) is 0 Å². The second-order valence-electron chi connectivity index (χ2n) is 8.88. The molecule has 6 nitrogen and oxygen atoms in total. The summed E-state index contributed by atoms with van der Waals surface area (Å²) in [4.78, 5) is 12.3. The monoisotopic (exact) mass is 434 g/mol. The number of likely N-dealkylation sites (N-methyl/N-ethyl adjacent to an activating group) is 2. The summed E-state index contributed by atoms with van der Waals surface area (Å²) >= 11 is 6.29. The van der Waals surface area contributed by atoms with Crippen LogP contribution in [0.5, 0.6) is 0 Å². The minimum atomic E-state index is 0.363. The van der Waals surface area contributed by atoms with Gasteiger partial charge in [0.25, 0.3) is 0 Å². The fourth-order valence-electron chi connectivity index (χ4n) is 4.75. The lowest BCUT2D eigenvalue weighted by atomic mass is 9.85. The first-order valence-electron chi connectivity index (χ1n) is 11.3. The molecule has 0 saturated carbocycles. The van der Waals surface area contributed by atoms with Gasteiger partial charge in [0.1, 0.15) is 0 Å². The van der Waals surface area contributed by atoms with Crippen LogP contribution in [0.4, 0.5) is 0 Å². The van der Waals surface area contributed by atoms with Gasteiger partial charge in [0.15, 0.2) is 5.96 Å². The number of hydrogen-bond donors (Lipinski definition) is 2. The second-order valence-corrected chi connectivity index (χ2v) is 9.32. The van der Waals surface area contributed by atoms with Gasteiger partial charge in [0.2, 0.25) is 0 Å². The number of hydrogen-bond acceptors (Lipinski definition) is 4. The number of likely N-dealkylation sites (tertiary alicyclic amines) is 1. The first-order valence-corrected chi connectivity index (χ1v) is 11.7. The Labute approximate surface area is 187 Å². The number of guanidine groups is 1. The SMILES string of the molecule is CCNC(=NCC1CCCN(C)C1c1cccc(Cl)c1)NCC1CN(C)CCN1C. The predicted molar refractivity (Wildman–Crippen MR) is 127 cm³/mol. The topological polar surface area (TPSA) is 46.1 Å². The third-order valence-corrected chi connectivity index (χ3v) is 6.75. The molecule has 3 atom stereocenters. The van der Waals surface area contributed by atoms with Gasteiger partial charge in [-0.15, -0.1) is 0 Å². The van der Waals surface area contributed by atoms with Gasteiger partial charge in [0, 0.05) is 56.4 Å². The minimum absolute atomic E-state index is 0.363. The van der Waals surface area contributed by atoms with Crippen LogP contribution >= 0.6 is 11.6 Å². The molecule has 3 unspecified atom stereocenters. The van der Waals surface area contributed by atoms with Crippen molar-refractivity contribution >= 4 is 17.6 Å². The van der Waals surface area contributed by atoms with Crippen LogP contribution in [0.15, 0.2) is 29.3 Å². The molecule has 3 rings (SSSR count). The quantitative estimate of drug-likeness (QED) is 0.532. The molecule has 2 fully saturated rings. The normalized spacial score (nSPS) is 27.2. The molecule has 0 spiro atoms. The highest BCUT2D eigenvalue weighted by Crippen LogP contribution is 2.36. The zero-order chi connectivity index (χ0) is 21.5. The smallest absolute Gasteiger partial charge is 0.191 e. The van der Waals surface area contributed by atoms with Crippen molar-refractivity contribution in [1.82, 2.24) is 25.3 Å². The van der Waals surface area contributed by atoms with Crippen molar-refractivity contribution in [3.05, 3.63) is 34.9 Å². The van der Waals surface area contributed by atoms with E-state index in [-0.39, 0.29) is 0 Å². The maximum absolute atomic E-state index is 6.29. The Morgan fingerprint density at radius 3 is 2.73 bits per heavy atom. The lowest BCUT2D eigenvalue weighted by Crippen LogP contribution is -2.55. The van der Waals surface area contributed by atoms with E-state index in [1.807, 2.05) is 6.07 Å². The Hall–Kier alpha value is -1.34. The van der Waals surface area contributed by atoms with Gasteiger partial charge in [0.05, 0.1) is 0 Å². The van der Waals surface area contributed by atoms with Crippen molar-refractivity contribution in [2.24, 2.45) is 10.9 Å². The van der Waals surface area contributed by atoms with E-state index in [1.54, 1.807) is 0 Å². The molecule has 2 saturated heterocycles. The van der Waals surface area contributed by atoms with Gasteiger partial charge >= 0.3 is 0 Å².